The zero-order valence-corrected chi connectivity index (χ0v) is 15.2. The average molecular weight is 353 g/mol. The van der Waals surface area contributed by atoms with Gasteiger partial charge in [0.15, 0.2) is 0 Å². The van der Waals surface area contributed by atoms with E-state index in [9.17, 15) is 13.5 Å². The lowest BCUT2D eigenvalue weighted by Crippen LogP contribution is -2.48. The molecule has 0 aromatic heterocycles. The molecule has 2 aliphatic rings. The van der Waals surface area contributed by atoms with Crippen LogP contribution in [0.1, 0.15) is 38.2 Å². The Labute approximate surface area is 145 Å². The summed E-state index contributed by atoms with van der Waals surface area (Å²) in [6.07, 6.45) is 4.37. The molecule has 0 unspecified atom stereocenters. The lowest BCUT2D eigenvalue weighted by atomic mass is 10.0. The molecular formula is C18H28N2O3S. The lowest BCUT2D eigenvalue weighted by Gasteiger charge is -2.35. The van der Waals surface area contributed by atoms with Gasteiger partial charge in [0.05, 0.1) is 4.90 Å². The van der Waals surface area contributed by atoms with E-state index in [0.717, 1.165) is 50.8 Å². The molecule has 6 heteroatoms. The van der Waals surface area contributed by atoms with Crippen molar-refractivity contribution in [2.75, 3.05) is 26.2 Å². The quantitative estimate of drug-likeness (QED) is 0.785. The topological polar surface area (TPSA) is 69.6 Å². The zero-order chi connectivity index (χ0) is 17.2. The zero-order valence-electron chi connectivity index (χ0n) is 14.4. The number of rotatable bonds is 7. The number of nitrogens with zero attached hydrogens (tertiary/aromatic N) is 1. The van der Waals surface area contributed by atoms with Gasteiger partial charge in [0.2, 0.25) is 10.0 Å². The molecule has 1 aromatic carbocycles. The largest absolute Gasteiger partial charge is 0.396 e. The maximum absolute atomic E-state index is 13.3. The van der Waals surface area contributed by atoms with Crippen LogP contribution in [0.3, 0.4) is 0 Å². The van der Waals surface area contributed by atoms with Gasteiger partial charge in [-0.3, -0.25) is 0 Å². The fourth-order valence-electron chi connectivity index (χ4n) is 3.41. The van der Waals surface area contributed by atoms with Crippen LogP contribution < -0.4 is 5.32 Å². The molecule has 24 heavy (non-hydrogen) atoms. The molecule has 1 aromatic rings. The van der Waals surface area contributed by atoms with Crippen LogP contribution in [-0.4, -0.2) is 50.1 Å². The van der Waals surface area contributed by atoms with Crippen LogP contribution in [0.25, 0.3) is 0 Å². The van der Waals surface area contributed by atoms with Gasteiger partial charge in [-0.2, -0.15) is 4.31 Å². The molecule has 0 amide bonds. The summed E-state index contributed by atoms with van der Waals surface area (Å²) in [6.45, 7) is 4.25. The van der Waals surface area contributed by atoms with E-state index in [2.05, 4.69) is 12.2 Å². The van der Waals surface area contributed by atoms with Crippen LogP contribution in [0.2, 0.25) is 0 Å². The molecule has 1 aliphatic heterocycles. The highest BCUT2D eigenvalue weighted by Gasteiger charge is 2.47. The molecule has 1 saturated carbocycles. The number of hydrogen-bond donors (Lipinski definition) is 2. The molecule has 0 bridgehead atoms. The van der Waals surface area contributed by atoms with Crippen LogP contribution in [0.15, 0.2) is 29.2 Å². The Kier molecular flexibility index (Phi) is 5.30. The minimum absolute atomic E-state index is 0.0196. The fourth-order valence-corrected chi connectivity index (χ4v) is 5.21. The molecule has 2 N–H and O–H groups in total. The van der Waals surface area contributed by atoms with Crippen molar-refractivity contribution in [2.45, 2.75) is 50.0 Å². The number of aliphatic hydroxyl groups is 1. The molecule has 1 heterocycles. The third-order valence-corrected chi connectivity index (χ3v) is 7.35. The first-order valence-electron chi connectivity index (χ1n) is 8.93. The van der Waals surface area contributed by atoms with E-state index >= 15 is 0 Å². The molecule has 2 fully saturated rings. The van der Waals surface area contributed by atoms with Crippen LogP contribution >= 0.6 is 0 Å². The lowest BCUT2D eigenvalue weighted by molar-refractivity contribution is 0.159. The summed E-state index contributed by atoms with van der Waals surface area (Å²) >= 11 is 0. The summed E-state index contributed by atoms with van der Waals surface area (Å²) in [7, 11) is -3.53. The maximum atomic E-state index is 13.3. The number of aryl methyl sites for hydroxylation is 1. The van der Waals surface area contributed by atoms with Crippen LogP contribution in [0, 0.1) is 5.41 Å². The van der Waals surface area contributed by atoms with Gasteiger partial charge >= 0.3 is 0 Å². The molecule has 0 radical (unpaired) electrons. The first-order valence-corrected chi connectivity index (χ1v) is 10.4. The Morgan fingerprint density at radius 2 is 1.83 bits per heavy atom. The molecule has 1 saturated heterocycles. The van der Waals surface area contributed by atoms with Crippen molar-refractivity contribution in [3.63, 3.8) is 0 Å². The smallest absolute Gasteiger partial charge is 0.243 e. The summed E-state index contributed by atoms with van der Waals surface area (Å²) < 4.78 is 28.2. The number of sulfonamides is 1. The van der Waals surface area contributed by atoms with Gasteiger partial charge in [-0.15, -0.1) is 0 Å². The average Bonchev–Trinajstić information content (AvgIpc) is 3.41. The van der Waals surface area contributed by atoms with Gasteiger partial charge in [-0.25, -0.2) is 8.42 Å². The van der Waals surface area contributed by atoms with Crippen molar-refractivity contribution in [1.82, 2.24) is 9.62 Å². The third-order valence-electron chi connectivity index (χ3n) is 5.44. The maximum Gasteiger partial charge on any atom is 0.243 e. The predicted molar refractivity (Wildman–Crippen MR) is 94.4 cm³/mol. The van der Waals surface area contributed by atoms with Crippen LogP contribution in [0.4, 0.5) is 0 Å². The van der Waals surface area contributed by atoms with E-state index in [1.165, 1.54) is 0 Å². The first-order chi connectivity index (χ1) is 11.5. The molecule has 3 rings (SSSR count). The first kappa shape index (κ1) is 17.9. The van der Waals surface area contributed by atoms with E-state index in [-0.39, 0.29) is 18.1 Å². The van der Waals surface area contributed by atoms with Crippen molar-refractivity contribution >= 4 is 10.0 Å². The number of hydrogen-bond acceptors (Lipinski definition) is 4. The number of nitrogens with one attached hydrogen (secondary N) is 1. The second-order valence-corrected chi connectivity index (χ2v) is 9.08. The van der Waals surface area contributed by atoms with Crippen molar-refractivity contribution in [3.8, 4) is 0 Å². The Morgan fingerprint density at radius 1 is 1.21 bits per heavy atom. The van der Waals surface area contributed by atoms with E-state index in [1.807, 2.05) is 12.1 Å². The second-order valence-electron chi connectivity index (χ2n) is 7.19. The monoisotopic (exact) mass is 352 g/mol. The van der Waals surface area contributed by atoms with Crippen LogP contribution in [-0.2, 0) is 16.4 Å². The Morgan fingerprint density at radius 3 is 2.33 bits per heavy atom. The SMILES string of the molecule is CCc1ccc(S(=O)(=O)N(CC2(CO)CC2)C2CCNCC2)cc1. The molecular weight excluding hydrogens is 324 g/mol. The van der Waals surface area contributed by atoms with E-state index in [4.69, 9.17) is 0 Å². The Balaban J connectivity index is 1.89. The highest BCUT2D eigenvalue weighted by molar-refractivity contribution is 7.89. The van der Waals surface area contributed by atoms with E-state index in [0.29, 0.717) is 11.4 Å². The van der Waals surface area contributed by atoms with Gasteiger partial charge in [0.25, 0.3) is 0 Å². The number of piperidine rings is 1. The number of benzene rings is 1. The third kappa shape index (κ3) is 3.67. The van der Waals surface area contributed by atoms with Crippen LogP contribution in [0.5, 0.6) is 0 Å². The van der Waals surface area contributed by atoms with Gasteiger partial charge in [-0.05, 0) is 62.9 Å². The minimum atomic E-state index is -3.53. The van der Waals surface area contributed by atoms with Gasteiger partial charge in [0, 0.05) is 24.6 Å². The summed E-state index contributed by atoms with van der Waals surface area (Å²) in [5.74, 6) is 0. The van der Waals surface area contributed by atoms with Gasteiger partial charge in [0.1, 0.15) is 0 Å². The minimum Gasteiger partial charge on any atom is -0.396 e. The number of aliphatic hydroxyl groups excluding tert-OH is 1. The summed E-state index contributed by atoms with van der Waals surface area (Å²) in [4.78, 5) is 0.368. The molecule has 1 aliphatic carbocycles. The molecule has 0 atom stereocenters. The highest BCUT2D eigenvalue weighted by Crippen LogP contribution is 2.47. The van der Waals surface area contributed by atoms with Gasteiger partial charge < -0.3 is 10.4 Å². The summed E-state index contributed by atoms with van der Waals surface area (Å²) in [5, 5.41) is 13.0. The van der Waals surface area contributed by atoms with E-state index < -0.39 is 10.0 Å². The predicted octanol–water partition coefficient (Wildman–Crippen LogP) is 1.76. The molecule has 0 spiro atoms. The normalized spacial score (nSPS) is 21.1. The summed E-state index contributed by atoms with van der Waals surface area (Å²) in [6, 6.07) is 7.26. The van der Waals surface area contributed by atoms with Gasteiger partial charge in [-0.1, -0.05) is 19.1 Å². The molecule has 5 nitrogen and oxygen atoms in total. The molecule has 134 valence electrons. The van der Waals surface area contributed by atoms with Crippen molar-refractivity contribution in [2.24, 2.45) is 5.41 Å². The Bertz CT molecular complexity index is 647. The second kappa shape index (κ2) is 7.12. The Hall–Kier alpha value is -0.950. The van der Waals surface area contributed by atoms with Crippen molar-refractivity contribution in [3.05, 3.63) is 29.8 Å². The highest BCUT2D eigenvalue weighted by atomic mass is 32.2. The summed E-state index contributed by atoms with van der Waals surface area (Å²) in [5.41, 5.74) is 0.915. The van der Waals surface area contributed by atoms with E-state index in [1.54, 1.807) is 16.4 Å². The van der Waals surface area contributed by atoms with Crippen molar-refractivity contribution in [1.29, 1.82) is 0 Å². The van der Waals surface area contributed by atoms with Crippen molar-refractivity contribution < 1.29 is 13.5 Å². The standard InChI is InChI=1S/C18H28N2O3S/c1-2-15-3-5-17(6-4-15)24(22,23)20(13-18(14-21)9-10-18)16-7-11-19-12-8-16/h3-6,16,19,21H,2,7-14H2,1H3. The fraction of sp³-hybridized carbons (Fsp3) is 0.667.